The van der Waals surface area contributed by atoms with Crippen molar-refractivity contribution in [2.24, 2.45) is 22.1 Å². The lowest BCUT2D eigenvalue weighted by molar-refractivity contribution is -0.804. The Kier molecular flexibility index (Phi) is 3.54. The van der Waals surface area contributed by atoms with Gasteiger partial charge in [0.05, 0.1) is 0 Å². The number of fused-ring (bicyclic) bond motifs is 7. The van der Waals surface area contributed by atoms with Crippen LogP contribution in [0, 0.1) is 11.8 Å². The summed E-state index contributed by atoms with van der Waals surface area (Å²) in [5.41, 5.74) is 2.94. The summed E-state index contributed by atoms with van der Waals surface area (Å²) < 4.78 is 0. The second kappa shape index (κ2) is 5.46. The van der Waals surface area contributed by atoms with Gasteiger partial charge in [-0.15, -0.1) is 5.11 Å². The number of nitrogens with one attached hydrogen (secondary N) is 1. The van der Waals surface area contributed by atoms with Crippen molar-refractivity contribution in [3.8, 4) is 0 Å². The standard InChI is InChI=1S/C18H20N4.ClH/c1-12-5-4-8-15-18(12)16-9-13-6-2-3-7-14(13)21(16)10-17-20-19-11-22(15)17;/h2-7,10,12,15-16,18H,8-9,11H2,1H3;1H. The number of hydrogen-bond acceptors (Lipinski definition) is 3. The minimum absolute atomic E-state index is 0. The zero-order valence-electron chi connectivity index (χ0n) is 13.2. The minimum atomic E-state index is 0. The van der Waals surface area contributed by atoms with Crippen molar-refractivity contribution in [2.75, 3.05) is 6.67 Å². The van der Waals surface area contributed by atoms with E-state index in [0.717, 1.165) is 18.9 Å². The summed E-state index contributed by atoms with van der Waals surface area (Å²) in [6, 6.07) is 10.1. The summed E-state index contributed by atoms with van der Waals surface area (Å²) in [6.45, 7) is 3.11. The molecule has 0 aromatic heterocycles. The SMILES string of the molecule is CC1C=CCC2C1C1Cc3ccccc3[NH+]1C=C1N=NCN12.[Cl-]. The van der Waals surface area contributed by atoms with Crippen molar-refractivity contribution in [3.63, 3.8) is 0 Å². The van der Waals surface area contributed by atoms with Crippen LogP contribution in [-0.2, 0) is 6.42 Å². The van der Waals surface area contributed by atoms with Crippen LogP contribution in [0.1, 0.15) is 18.9 Å². The van der Waals surface area contributed by atoms with E-state index < -0.39 is 0 Å². The number of para-hydroxylation sites is 1. The molecule has 1 aliphatic carbocycles. The highest BCUT2D eigenvalue weighted by molar-refractivity contribution is 5.44. The Hall–Kier alpha value is -1.65. The van der Waals surface area contributed by atoms with E-state index in [1.54, 1.807) is 0 Å². The first-order chi connectivity index (χ1) is 10.8. The van der Waals surface area contributed by atoms with E-state index >= 15 is 0 Å². The topological polar surface area (TPSA) is 32.4 Å². The zero-order valence-corrected chi connectivity index (χ0v) is 13.9. The fourth-order valence-corrected chi connectivity index (χ4v) is 4.92. The molecule has 1 aromatic rings. The van der Waals surface area contributed by atoms with E-state index in [9.17, 15) is 0 Å². The Balaban J connectivity index is 0.00000135. The highest BCUT2D eigenvalue weighted by Crippen LogP contribution is 2.39. The highest BCUT2D eigenvalue weighted by atomic mass is 35.5. The van der Waals surface area contributed by atoms with Crippen LogP contribution in [0.25, 0.3) is 0 Å². The molecular formula is C18H21ClN4. The van der Waals surface area contributed by atoms with Crippen LogP contribution in [0.5, 0.6) is 0 Å². The number of rotatable bonds is 0. The molecule has 120 valence electrons. The van der Waals surface area contributed by atoms with Gasteiger partial charge in [0.1, 0.15) is 24.6 Å². The maximum Gasteiger partial charge on any atom is 0.206 e. The molecule has 3 aliphatic heterocycles. The largest absolute Gasteiger partial charge is 1.00 e. The summed E-state index contributed by atoms with van der Waals surface area (Å²) in [4.78, 5) is 3.92. The first-order valence-corrected chi connectivity index (χ1v) is 8.30. The Morgan fingerprint density at radius 2 is 2.13 bits per heavy atom. The molecule has 4 aliphatic rings. The zero-order chi connectivity index (χ0) is 14.7. The summed E-state index contributed by atoms with van der Waals surface area (Å²) in [5.74, 6) is 2.35. The maximum atomic E-state index is 4.43. The summed E-state index contributed by atoms with van der Waals surface area (Å²) in [7, 11) is 0. The normalized spacial score (nSPS) is 36.3. The number of benzene rings is 1. The van der Waals surface area contributed by atoms with Gasteiger partial charge >= 0.3 is 0 Å². The van der Waals surface area contributed by atoms with Crippen LogP contribution in [0.15, 0.2) is 58.7 Å². The van der Waals surface area contributed by atoms with Crippen molar-refractivity contribution in [1.82, 2.24) is 4.90 Å². The Labute approximate surface area is 143 Å². The molecule has 0 bridgehead atoms. The molecule has 1 N–H and O–H groups in total. The molecule has 0 amide bonds. The Morgan fingerprint density at radius 1 is 1.26 bits per heavy atom. The molecular weight excluding hydrogens is 308 g/mol. The Morgan fingerprint density at radius 3 is 3.04 bits per heavy atom. The van der Waals surface area contributed by atoms with Gasteiger partial charge in [-0.2, -0.15) is 5.11 Å². The third-order valence-corrected chi connectivity index (χ3v) is 5.87. The van der Waals surface area contributed by atoms with E-state index in [0.29, 0.717) is 23.9 Å². The molecule has 5 unspecified atom stereocenters. The van der Waals surface area contributed by atoms with Gasteiger partial charge in [0.15, 0.2) is 0 Å². The molecule has 0 saturated heterocycles. The molecule has 3 heterocycles. The lowest BCUT2D eigenvalue weighted by atomic mass is 9.75. The van der Waals surface area contributed by atoms with Gasteiger partial charge in [0, 0.05) is 23.9 Å². The molecule has 0 fully saturated rings. The van der Waals surface area contributed by atoms with Crippen LogP contribution < -0.4 is 17.3 Å². The van der Waals surface area contributed by atoms with Crippen molar-refractivity contribution in [3.05, 3.63) is 54.0 Å². The minimum Gasteiger partial charge on any atom is -1.00 e. The average Bonchev–Trinajstić information content (AvgIpc) is 3.10. The van der Waals surface area contributed by atoms with Gasteiger partial charge in [-0.05, 0) is 18.4 Å². The van der Waals surface area contributed by atoms with Crippen molar-refractivity contribution >= 4 is 5.69 Å². The molecule has 5 rings (SSSR count). The molecule has 5 heteroatoms. The van der Waals surface area contributed by atoms with Gasteiger partial charge in [0.2, 0.25) is 5.82 Å². The monoisotopic (exact) mass is 328 g/mol. The summed E-state index contributed by atoms with van der Waals surface area (Å²) >= 11 is 0. The van der Waals surface area contributed by atoms with Gasteiger partial charge in [-0.1, -0.05) is 37.3 Å². The number of nitrogens with zero attached hydrogens (tertiary/aromatic N) is 3. The van der Waals surface area contributed by atoms with Gasteiger partial charge < -0.3 is 17.3 Å². The van der Waals surface area contributed by atoms with Gasteiger partial charge in [0.25, 0.3) is 0 Å². The van der Waals surface area contributed by atoms with E-state index in [1.807, 2.05) is 0 Å². The smallest absolute Gasteiger partial charge is 0.206 e. The number of azo groups is 1. The van der Waals surface area contributed by atoms with Crippen molar-refractivity contribution in [1.29, 1.82) is 0 Å². The molecule has 23 heavy (non-hydrogen) atoms. The molecule has 0 saturated carbocycles. The first-order valence-electron chi connectivity index (χ1n) is 8.30. The average molecular weight is 329 g/mol. The predicted octanol–water partition coefficient (Wildman–Crippen LogP) is -0.750. The lowest BCUT2D eigenvalue weighted by Crippen LogP contribution is -3.06. The maximum absolute atomic E-state index is 4.43. The summed E-state index contributed by atoms with van der Waals surface area (Å²) in [6.07, 6.45) is 9.39. The molecule has 0 spiro atoms. The van der Waals surface area contributed by atoms with Crippen LogP contribution in [0.3, 0.4) is 0 Å². The van der Waals surface area contributed by atoms with E-state index in [4.69, 9.17) is 0 Å². The van der Waals surface area contributed by atoms with Crippen molar-refractivity contribution < 1.29 is 17.3 Å². The second-order valence-corrected chi connectivity index (χ2v) is 6.95. The fraction of sp³-hybridized carbons (Fsp3) is 0.444. The number of quaternary nitrogens is 1. The van der Waals surface area contributed by atoms with Crippen LogP contribution in [-0.4, -0.2) is 23.7 Å². The first kappa shape index (κ1) is 14.9. The van der Waals surface area contributed by atoms with Crippen LogP contribution in [0.2, 0.25) is 0 Å². The number of allylic oxidation sites excluding steroid dienone is 1. The second-order valence-electron chi connectivity index (χ2n) is 6.95. The fourth-order valence-electron chi connectivity index (χ4n) is 4.92. The van der Waals surface area contributed by atoms with Crippen LogP contribution >= 0.6 is 0 Å². The lowest BCUT2D eigenvalue weighted by Gasteiger charge is -2.39. The van der Waals surface area contributed by atoms with Gasteiger partial charge in [-0.25, -0.2) is 0 Å². The third kappa shape index (κ3) is 2.08. The van der Waals surface area contributed by atoms with Gasteiger partial charge in [-0.3, -0.25) is 4.90 Å². The molecule has 0 radical (unpaired) electrons. The number of hydrogen-bond donors (Lipinski definition) is 1. The van der Waals surface area contributed by atoms with E-state index in [-0.39, 0.29) is 12.4 Å². The highest BCUT2D eigenvalue weighted by Gasteiger charge is 2.50. The quantitative estimate of drug-likeness (QED) is 0.625. The number of halogens is 1. The third-order valence-electron chi connectivity index (χ3n) is 5.87. The van der Waals surface area contributed by atoms with Crippen LogP contribution in [0.4, 0.5) is 5.69 Å². The molecule has 4 nitrogen and oxygen atoms in total. The summed E-state index contributed by atoms with van der Waals surface area (Å²) in [5, 5.41) is 8.74. The van der Waals surface area contributed by atoms with E-state index in [2.05, 4.69) is 64.7 Å². The molecule has 5 atom stereocenters. The molecule has 1 aromatic carbocycles. The van der Waals surface area contributed by atoms with E-state index in [1.165, 1.54) is 22.6 Å². The van der Waals surface area contributed by atoms with Crippen molar-refractivity contribution in [2.45, 2.75) is 31.8 Å². The predicted molar refractivity (Wildman–Crippen MR) is 84.4 cm³/mol. The Bertz CT molecular complexity index is 711.